The van der Waals surface area contributed by atoms with Gasteiger partial charge in [-0.3, -0.25) is 9.59 Å². The van der Waals surface area contributed by atoms with E-state index < -0.39 is 6.04 Å². The number of rotatable bonds is 6. The Morgan fingerprint density at radius 2 is 1.88 bits per heavy atom. The van der Waals surface area contributed by atoms with E-state index in [1.807, 2.05) is 13.8 Å². The van der Waals surface area contributed by atoms with E-state index in [0.29, 0.717) is 22.8 Å². The molecule has 0 fully saturated rings. The Bertz CT molecular complexity index is 684. The van der Waals surface area contributed by atoms with Crippen LogP contribution in [0.4, 0.5) is 0 Å². The second-order valence-electron chi connectivity index (χ2n) is 6.02. The van der Waals surface area contributed by atoms with Crippen LogP contribution >= 0.6 is 0 Å². The summed E-state index contributed by atoms with van der Waals surface area (Å²) < 4.78 is 15.5. The van der Waals surface area contributed by atoms with E-state index in [2.05, 4.69) is 5.32 Å². The van der Waals surface area contributed by atoms with Crippen LogP contribution in [0.3, 0.4) is 0 Å². The first-order chi connectivity index (χ1) is 11.9. The zero-order valence-electron chi connectivity index (χ0n) is 15.2. The van der Waals surface area contributed by atoms with Gasteiger partial charge in [-0.05, 0) is 24.1 Å². The Labute approximate surface area is 147 Å². The number of methoxy groups -OCH3 is 3. The average molecular weight is 348 g/mol. The van der Waals surface area contributed by atoms with Crippen molar-refractivity contribution in [1.29, 1.82) is 0 Å². The molecule has 1 aromatic rings. The summed E-state index contributed by atoms with van der Waals surface area (Å²) in [5.74, 6) is 0.585. The first-order valence-electron chi connectivity index (χ1n) is 7.98. The molecule has 0 radical (unpaired) electrons. The summed E-state index contributed by atoms with van der Waals surface area (Å²) in [5, 5.41) is 2.87. The highest BCUT2D eigenvalue weighted by Crippen LogP contribution is 2.31. The molecule has 0 aromatic heterocycles. The van der Waals surface area contributed by atoms with Crippen molar-refractivity contribution in [3.63, 3.8) is 0 Å². The van der Waals surface area contributed by atoms with E-state index in [1.54, 1.807) is 38.6 Å². The lowest BCUT2D eigenvalue weighted by molar-refractivity contribution is -0.141. The van der Waals surface area contributed by atoms with Gasteiger partial charge < -0.3 is 24.4 Å². The van der Waals surface area contributed by atoms with Gasteiger partial charge in [0.1, 0.15) is 12.6 Å². The lowest BCUT2D eigenvalue weighted by Gasteiger charge is -2.35. The van der Waals surface area contributed by atoms with E-state index in [1.165, 1.54) is 12.0 Å². The molecular formula is C18H24N2O5. The standard InChI is InChI=1S/C18H24N2O5/c1-11(2)17-18(22)19-13(9-20(17)16(21)10-23-3)12-6-7-14(24-4)15(8-12)25-5/h6-9,11,17H,10H2,1-5H3,(H,19,22). The zero-order valence-corrected chi connectivity index (χ0v) is 15.2. The number of ether oxygens (including phenoxy) is 3. The molecule has 1 heterocycles. The molecular weight excluding hydrogens is 324 g/mol. The Morgan fingerprint density at radius 1 is 1.20 bits per heavy atom. The van der Waals surface area contributed by atoms with Gasteiger partial charge in [-0.25, -0.2) is 0 Å². The van der Waals surface area contributed by atoms with Gasteiger partial charge in [0, 0.05) is 18.9 Å². The summed E-state index contributed by atoms with van der Waals surface area (Å²) in [6.45, 7) is 3.70. The highest BCUT2D eigenvalue weighted by molar-refractivity contribution is 5.97. The molecule has 0 bridgehead atoms. The fourth-order valence-electron chi connectivity index (χ4n) is 2.78. The first-order valence-corrected chi connectivity index (χ1v) is 7.98. The van der Waals surface area contributed by atoms with E-state index in [4.69, 9.17) is 14.2 Å². The monoisotopic (exact) mass is 348 g/mol. The molecule has 7 nitrogen and oxygen atoms in total. The Morgan fingerprint density at radius 3 is 2.44 bits per heavy atom. The minimum absolute atomic E-state index is 0.0380. The maximum absolute atomic E-state index is 12.6. The van der Waals surface area contributed by atoms with Crippen LogP contribution in [0.5, 0.6) is 11.5 Å². The molecule has 0 aliphatic carbocycles. The summed E-state index contributed by atoms with van der Waals surface area (Å²) >= 11 is 0. The van der Waals surface area contributed by atoms with Crippen molar-refractivity contribution in [2.75, 3.05) is 27.9 Å². The number of hydrogen-bond acceptors (Lipinski definition) is 5. The summed E-state index contributed by atoms with van der Waals surface area (Å²) in [5.41, 5.74) is 1.23. The summed E-state index contributed by atoms with van der Waals surface area (Å²) in [4.78, 5) is 26.4. The largest absolute Gasteiger partial charge is 0.493 e. The molecule has 1 N–H and O–H groups in total. The van der Waals surface area contributed by atoms with Gasteiger partial charge in [0.2, 0.25) is 5.91 Å². The van der Waals surface area contributed by atoms with Gasteiger partial charge in [0.25, 0.3) is 5.91 Å². The summed E-state index contributed by atoms with van der Waals surface area (Å²) in [7, 11) is 4.54. The fraction of sp³-hybridized carbons (Fsp3) is 0.444. The highest BCUT2D eigenvalue weighted by Gasteiger charge is 2.35. The molecule has 2 amide bonds. The van der Waals surface area contributed by atoms with Crippen LogP contribution in [-0.4, -0.2) is 50.7 Å². The number of nitrogens with zero attached hydrogens (tertiary/aromatic N) is 1. The van der Waals surface area contributed by atoms with Crippen molar-refractivity contribution >= 4 is 17.5 Å². The third-order valence-electron chi connectivity index (χ3n) is 3.98. The number of carbonyl (C=O) groups is 2. The maximum atomic E-state index is 12.6. The number of hydrogen-bond donors (Lipinski definition) is 1. The van der Waals surface area contributed by atoms with Crippen LogP contribution in [0.1, 0.15) is 19.4 Å². The molecule has 136 valence electrons. The molecule has 1 aliphatic rings. The molecule has 7 heteroatoms. The maximum Gasteiger partial charge on any atom is 0.253 e. The summed E-state index contributed by atoms with van der Waals surface area (Å²) in [6, 6.07) is 4.71. The lowest BCUT2D eigenvalue weighted by atomic mass is 9.98. The topological polar surface area (TPSA) is 77.1 Å². The second-order valence-corrected chi connectivity index (χ2v) is 6.02. The molecule has 1 aromatic carbocycles. The molecule has 1 atom stereocenters. The Hall–Kier alpha value is -2.54. The van der Waals surface area contributed by atoms with Gasteiger partial charge in [-0.15, -0.1) is 0 Å². The molecule has 0 saturated carbocycles. The quantitative estimate of drug-likeness (QED) is 0.845. The Kier molecular flexibility index (Phi) is 6.03. The SMILES string of the molecule is COCC(=O)N1C=C(c2ccc(OC)c(OC)c2)NC(=O)C1C(C)C. The van der Waals surface area contributed by atoms with Crippen molar-refractivity contribution in [2.45, 2.75) is 19.9 Å². The van der Waals surface area contributed by atoms with Crippen LogP contribution in [0.15, 0.2) is 24.4 Å². The second kappa shape index (κ2) is 8.02. The van der Waals surface area contributed by atoms with Gasteiger partial charge >= 0.3 is 0 Å². The van der Waals surface area contributed by atoms with Crippen molar-refractivity contribution < 1.29 is 23.8 Å². The Balaban J connectivity index is 2.45. The van der Waals surface area contributed by atoms with Crippen LogP contribution in [0.25, 0.3) is 5.70 Å². The predicted octanol–water partition coefficient (Wildman–Crippen LogP) is 1.63. The van der Waals surface area contributed by atoms with E-state index >= 15 is 0 Å². The molecule has 2 rings (SSSR count). The first kappa shape index (κ1) is 18.8. The van der Waals surface area contributed by atoms with Crippen molar-refractivity contribution in [3.8, 4) is 11.5 Å². The molecule has 0 spiro atoms. The van der Waals surface area contributed by atoms with Gasteiger partial charge in [0.15, 0.2) is 11.5 Å². The highest BCUT2D eigenvalue weighted by atomic mass is 16.5. The average Bonchev–Trinajstić information content (AvgIpc) is 2.60. The fourth-order valence-corrected chi connectivity index (χ4v) is 2.78. The predicted molar refractivity (Wildman–Crippen MR) is 93.0 cm³/mol. The van der Waals surface area contributed by atoms with Crippen molar-refractivity contribution in [1.82, 2.24) is 10.2 Å². The number of benzene rings is 1. The third kappa shape index (κ3) is 3.93. The van der Waals surface area contributed by atoms with Crippen molar-refractivity contribution in [2.24, 2.45) is 5.92 Å². The number of amides is 2. The van der Waals surface area contributed by atoms with Gasteiger partial charge in [-0.2, -0.15) is 0 Å². The zero-order chi connectivity index (χ0) is 18.6. The number of nitrogens with one attached hydrogen (secondary N) is 1. The number of carbonyl (C=O) groups excluding carboxylic acids is 2. The molecule has 0 saturated heterocycles. The molecule has 1 unspecified atom stereocenters. The molecule has 25 heavy (non-hydrogen) atoms. The van der Waals surface area contributed by atoms with Crippen LogP contribution < -0.4 is 14.8 Å². The normalized spacial score (nSPS) is 17.2. The van der Waals surface area contributed by atoms with E-state index in [-0.39, 0.29) is 24.3 Å². The van der Waals surface area contributed by atoms with Crippen molar-refractivity contribution in [3.05, 3.63) is 30.0 Å². The van der Waals surface area contributed by atoms with E-state index in [0.717, 1.165) is 0 Å². The minimum atomic E-state index is -0.577. The smallest absolute Gasteiger partial charge is 0.253 e. The van der Waals surface area contributed by atoms with Crippen LogP contribution in [0, 0.1) is 5.92 Å². The van der Waals surface area contributed by atoms with Gasteiger partial charge in [0.05, 0.1) is 19.9 Å². The lowest BCUT2D eigenvalue weighted by Crippen LogP contribution is -2.53. The van der Waals surface area contributed by atoms with Gasteiger partial charge in [-0.1, -0.05) is 13.8 Å². The summed E-state index contributed by atoms with van der Waals surface area (Å²) in [6.07, 6.45) is 1.65. The third-order valence-corrected chi connectivity index (χ3v) is 3.98. The van der Waals surface area contributed by atoms with Crippen LogP contribution in [-0.2, 0) is 14.3 Å². The van der Waals surface area contributed by atoms with E-state index in [9.17, 15) is 9.59 Å². The van der Waals surface area contributed by atoms with Crippen LogP contribution in [0.2, 0.25) is 0 Å². The molecule has 1 aliphatic heterocycles. The minimum Gasteiger partial charge on any atom is -0.493 e.